The van der Waals surface area contributed by atoms with Gasteiger partial charge in [-0.1, -0.05) is 24.3 Å². The Labute approximate surface area is 225 Å². The highest BCUT2D eigenvalue weighted by atomic mass is 35.5. The van der Waals surface area contributed by atoms with Gasteiger partial charge in [-0.25, -0.2) is 4.79 Å². The molecule has 2 heterocycles. The number of ether oxygens (including phenoxy) is 1. The molecule has 8 nitrogen and oxygen atoms in total. The van der Waals surface area contributed by atoms with Crippen LogP contribution in [0.3, 0.4) is 0 Å². The van der Waals surface area contributed by atoms with E-state index in [1.54, 1.807) is 6.92 Å². The van der Waals surface area contributed by atoms with Crippen molar-refractivity contribution in [1.82, 2.24) is 9.80 Å². The van der Waals surface area contributed by atoms with Crippen molar-refractivity contribution >= 4 is 29.1 Å². The number of amides is 2. The van der Waals surface area contributed by atoms with Gasteiger partial charge < -0.3 is 39.6 Å². The summed E-state index contributed by atoms with van der Waals surface area (Å²) in [6.45, 7) is 7.25. The maximum atomic E-state index is 13.7. The van der Waals surface area contributed by atoms with Crippen molar-refractivity contribution in [2.24, 2.45) is 0 Å². The maximum Gasteiger partial charge on any atom is 0.411 e. The number of rotatable bonds is 7. The number of carbonyl (C=O) groups is 2. The van der Waals surface area contributed by atoms with Crippen LogP contribution in [0, 0.1) is 0 Å². The van der Waals surface area contributed by atoms with Crippen molar-refractivity contribution in [3.8, 4) is 0 Å². The largest absolute Gasteiger partial charge is 1.00 e. The van der Waals surface area contributed by atoms with Crippen LogP contribution in [0.2, 0.25) is 0 Å². The fourth-order valence-electron chi connectivity index (χ4n) is 4.70. The molecule has 0 radical (unpaired) electrons. The van der Waals surface area contributed by atoms with Gasteiger partial charge in [0.25, 0.3) is 0 Å². The molecule has 1 fully saturated rings. The number of carbonyl (C=O) groups excluding carboxylic acids is 2. The zero-order chi connectivity index (χ0) is 23.9. The fourth-order valence-corrected chi connectivity index (χ4v) is 4.70. The zero-order valence-electron chi connectivity index (χ0n) is 20.6. The van der Waals surface area contributed by atoms with Crippen LogP contribution < -0.4 is 35.0 Å². The number of para-hydroxylation sites is 1. The van der Waals surface area contributed by atoms with Crippen LogP contribution >= 0.6 is 0 Å². The number of hydrogen-bond donors (Lipinski definition) is 2. The molecule has 0 bridgehead atoms. The molecule has 36 heavy (non-hydrogen) atoms. The van der Waals surface area contributed by atoms with E-state index in [1.165, 1.54) is 0 Å². The van der Waals surface area contributed by atoms with Crippen LogP contribution in [0.15, 0.2) is 42.5 Å². The topological polar surface area (TPSA) is 85.4 Å². The molecule has 0 saturated carbocycles. The number of β-amino-alcohol motifs (C(OH)–C–C–N with tert-alkyl or cyclic N) is 1. The highest BCUT2D eigenvalue weighted by Crippen LogP contribution is 2.38. The zero-order valence-corrected chi connectivity index (χ0v) is 22.1. The third-order valence-corrected chi connectivity index (χ3v) is 6.52. The van der Waals surface area contributed by atoms with Gasteiger partial charge in [0.05, 0.1) is 24.6 Å². The Kier molecular flexibility index (Phi) is 11.9. The van der Waals surface area contributed by atoms with Gasteiger partial charge in [-0.15, -0.1) is 0 Å². The van der Waals surface area contributed by atoms with E-state index in [-0.39, 0.29) is 37.3 Å². The molecule has 2 amide bonds. The second kappa shape index (κ2) is 14.4. The molecular weight excluding hydrogens is 503 g/mol. The molecule has 0 aliphatic carbocycles. The van der Waals surface area contributed by atoms with E-state index in [1.807, 2.05) is 41.3 Å². The van der Waals surface area contributed by atoms with Crippen LogP contribution in [0.25, 0.3) is 0 Å². The molecule has 2 aliphatic rings. The van der Waals surface area contributed by atoms with E-state index in [0.29, 0.717) is 31.8 Å². The summed E-state index contributed by atoms with van der Waals surface area (Å²) in [5, 5.41) is 11.9. The SMILES string of the molecule is CCOC(=O)Nc1ccc2c(c1)N(C(=O)CCN1CCN(CCO)CC1)c1ccccc1CC2.[Cl-].[Cl-]. The first-order chi connectivity index (χ1) is 16.6. The van der Waals surface area contributed by atoms with Gasteiger partial charge >= 0.3 is 6.09 Å². The van der Waals surface area contributed by atoms with Gasteiger partial charge in [0.15, 0.2) is 0 Å². The van der Waals surface area contributed by atoms with Gasteiger partial charge in [0, 0.05) is 51.4 Å². The molecular formula is C26H34Cl2N4O4-2. The van der Waals surface area contributed by atoms with E-state index in [0.717, 1.165) is 61.5 Å². The summed E-state index contributed by atoms with van der Waals surface area (Å²) in [4.78, 5) is 32.0. The van der Waals surface area contributed by atoms with Crippen molar-refractivity contribution in [2.75, 3.05) is 62.7 Å². The molecule has 0 unspecified atom stereocenters. The first-order valence-corrected chi connectivity index (χ1v) is 12.1. The van der Waals surface area contributed by atoms with E-state index in [4.69, 9.17) is 9.84 Å². The smallest absolute Gasteiger partial charge is 0.411 e. The van der Waals surface area contributed by atoms with Crippen LogP contribution in [-0.2, 0) is 22.4 Å². The molecule has 10 heteroatoms. The molecule has 1 saturated heterocycles. The number of fused-ring (bicyclic) bond motifs is 2. The summed E-state index contributed by atoms with van der Waals surface area (Å²) in [7, 11) is 0. The lowest BCUT2D eigenvalue weighted by atomic mass is 10.0. The number of nitrogens with zero attached hydrogens (tertiary/aromatic N) is 3. The standard InChI is InChI=1S/C26H34N4O4.2ClH/c1-2-34-26(33)27-22-10-9-21-8-7-20-5-3-4-6-23(20)30(24(21)19-22)25(32)11-12-28-13-15-29(16-14-28)17-18-31;;/h3-6,9-10,19,31H,2,7-8,11-18H2,1H3,(H,27,33);2*1H/p-2. The lowest BCUT2D eigenvalue weighted by molar-refractivity contribution is -0.118. The number of hydrogen-bond acceptors (Lipinski definition) is 6. The van der Waals surface area contributed by atoms with Crippen molar-refractivity contribution in [1.29, 1.82) is 0 Å². The second-order valence-corrected chi connectivity index (χ2v) is 8.70. The van der Waals surface area contributed by atoms with Crippen molar-refractivity contribution in [2.45, 2.75) is 26.2 Å². The highest BCUT2D eigenvalue weighted by Gasteiger charge is 2.27. The predicted octanol–water partition coefficient (Wildman–Crippen LogP) is -2.97. The molecule has 2 N–H and O–H groups in total. The molecule has 198 valence electrons. The number of aliphatic hydroxyl groups is 1. The number of aliphatic hydroxyl groups excluding tert-OH is 1. The van der Waals surface area contributed by atoms with Gasteiger partial charge in [-0.05, 0) is 49.1 Å². The lowest BCUT2D eigenvalue weighted by Crippen LogP contribution is -3.00. The summed E-state index contributed by atoms with van der Waals surface area (Å²) in [6.07, 6.45) is 1.57. The lowest BCUT2D eigenvalue weighted by Gasteiger charge is -2.34. The van der Waals surface area contributed by atoms with Crippen molar-refractivity contribution < 1.29 is 44.2 Å². The van der Waals surface area contributed by atoms with Crippen molar-refractivity contribution in [3.05, 3.63) is 53.6 Å². The Morgan fingerprint density at radius 3 is 2.22 bits per heavy atom. The Hall–Kier alpha value is -2.36. The van der Waals surface area contributed by atoms with E-state index in [2.05, 4.69) is 21.2 Å². The maximum absolute atomic E-state index is 13.7. The summed E-state index contributed by atoms with van der Waals surface area (Å²) >= 11 is 0. The molecule has 0 aromatic heterocycles. The van der Waals surface area contributed by atoms with Crippen LogP contribution in [0.1, 0.15) is 24.5 Å². The Balaban J connectivity index is 0.00000228. The number of benzene rings is 2. The molecule has 4 rings (SSSR count). The number of piperazine rings is 1. The summed E-state index contributed by atoms with van der Waals surface area (Å²) < 4.78 is 5.02. The monoisotopic (exact) mass is 536 g/mol. The van der Waals surface area contributed by atoms with Crippen LogP contribution in [0.4, 0.5) is 21.9 Å². The number of aryl methyl sites for hydroxylation is 2. The second-order valence-electron chi connectivity index (χ2n) is 8.70. The Morgan fingerprint density at radius 1 is 0.917 bits per heavy atom. The van der Waals surface area contributed by atoms with E-state index < -0.39 is 6.09 Å². The number of halogens is 2. The predicted molar refractivity (Wildman–Crippen MR) is 133 cm³/mol. The normalized spacial score (nSPS) is 15.4. The average Bonchev–Trinajstić information content (AvgIpc) is 3.00. The Morgan fingerprint density at radius 2 is 1.56 bits per heavy atom. The molecule has 2 aromatic carbocycles. The van der Waals surface area contributed by atoms with Gasteiger partial charge in [-0.3, -0.25) is 19.9 Å². The van der Waals surface area contributed by atoms with Crippen LogP contribution in [0.5, 0.6) is 0 Å². The fraction of sp³-hybridized carbons (Fsp3) is 0.462. The molecule has 2 aliphatic heterocycles. The number of anilines is 3. The van der Waals surface area contributed by atoms with Gasteiger partial charge in [0.2, 0.25) is 5.91 Å². The highest BCUT2D eigenvalue weighted by molar-refractivity contribution is 6.03. The molecule has 0 spiro atoms. The van der Waals surface area contributed by atoms with Crippen LogP contribution in [-0.4, -0.2) is 79.4 Å². The Bertz CT molecular complexity index is 1020. The first-order valence-electron chi connectivity index (χ1n) is 12.1. The summed E-state index contributed by atoms with van der Waals surface area (Å²) in [5.74, 6) is 0.0432. The minimum absolute atomic E-state index is 0. The van der Waals surface area contributed by atoms with Gasteiger partial charge in [-0.2, -0.15) is 0 Å². The van der Waals surface area contributed by atoms with E-state index in [9.17, 15) is 9.59 Å². The van der Waals surface area contributed by atoms with Crippen molar-refractivity contribution in [3.63, 3.8) is 0 Å². The minimum atomic E-state index is -0.505. The third-order valence-electron chi connectivity index (χ3n) is 6.52. The quantitative estimate of drug-likeness (QED) is 0.393. The number of nitrogens with one attached hydrogen (secondary N) is 1. The van der Waals surface area contributed by atoms with E-state index >= 15 is 0 Å². The average molecular weight is 537 g/mol. The first kappa shape index (κ1) is 29.9. The third kappa shape index (κ3) is 7.33. The summed E-state index contributed by atoms with van der Waals surface area (Å²) in [6, 6.07) is 13.8. The molecule has 2 aromatic rings. The van der Waals surface area contributed by atoms with Gasteiger partial charge in [0.1, 0.15) is 0 Å². The minimum Gasteiger partial charge on any atom is -1.00 e. The molecule has 0 atom stereocenters. The summed E-state index contributed by atoms with van der Waals surface area (Å²) in [5.41, 5.74) is 4.56.